The number of para-hydroxylation sites is 1. The van der Waals surface area contributed by atoms with Crippen LogP contribution in [0.1, 0.15) is 37.2 Å². The summed E-state index contributed by atoms with van der Waals surface area (Å²) >= 11 is 0. The maximum absolute atomic E-state index is 12.1. The van der Waals surface area contributed by atoms with Gasteiger partial charge in [-0.05, 0) is 6.07 Å². The molecule has 0 aliphatic heterocycles. The monoisotopic (exact) mass is 330 g/mol. The molecule has 0 spiro atoms. The fourth-order valence-corrected chi connectivity index (χ4v) is 2.69. The van der Waals surface area contributed by atoms with Crippen LogP contribution in [0.25, 0.3) is 11.1 Å². The molecule has 1 heterocycles. The Morgan fingerprint density at radius 2 is 1.92 bits per heavy atom. The van der Waals surface area contributed by atoms with Gasteiger partial charge in [0, 0.05) is 28.7 Å². The van der Waals surface area contributed by atoms with E-state index in [-0.39, 0.29) is 5.92 Å². The third-order valence-corrected chi connectivity index (χ3v) is 3.76. The van der Waals surface area contributed by atoms with Crippen molar-refractivity contribution < 1.29 is 19.0 Å². The van der Waals surface area contributed by atoms with Gasteiger partial charge >= 0.3 is 5.63 Å². The summed E-state index contributed by atoms with van der Waals surface area (Å²) in [5.74, 6) is 1.36. The molecule has 1 N–H and O–H groups in total. The van der Waals surface area contributed by atoms with Crippen LogP contribution in [0.5, 0.6) is 11.5 Å². The molecule has 1 unspecified atom stereocenters. The quantitative estimate of drug-likeness (QED) is 0.819. The summed E-state index contributed by atoms with van der Waals surface area (Å²) in [6.45, 7) is 7.43. The number of rotatable bonds is 6. The van der Waals surface area contributed by atoms with Crippen molar-refractivity contribution in [2.75, 3.05) is 14.2 Å². The number of aliphatic hydroxyl groups is 1. The molecule has 24 heavy (non-hydrogen) atoms. The average molecular weight is 330 g/mol. The second kappa shape index (κ2) is 7.36. The lowest BCUT2D eigenvalue weighted by molar-refractivity contribution is 0.221. The van der Waals surface area contributed by atoms with Gasteiger partial charge < -0.3 is 19.0 Å². The number of hydrogen-bond donors (Lipinski definition) is 1. The van der Waals surface area contributed by atoms with Crippen molar-refractivity contribution in [1.82, 2.24) is 0 Å². The van der Waals surface area contributed by atoms with Crippen LogP contribution < -0.4 is 15.1 Å². The second-order valence-corrected chi connectivity index (χ2v) is 5.63. The highest BCUT2D eigenvalue weighted by Crippen LogP contribution is 2.42. The van der Waals surface area contributed by atoms with Crippen molar-refractivity contribution in [2.45, 2.75) is 25.9 Å². The number of hydrogen-bond acceptors (Lipinski definition) is 5. The summed E-state index contributed by atoms with van der Waals surface area (Å²) in [6, 6.07) is 6.72. The molecule has 128 valence electrons. The van der Waals surface area contributed by atoms with E-state index in [1.807, 2.05) is 13.8 Å². The van der Waals surface area contributed by atoms with Crippen molar-refractivity contribution in [3.05, 3.63) is 58.7 Å². The molecule has 0 amide bonds. The zero-order valence-electron chi connectivity index (χ0n) is 14.3. The Morgan fingerprint density at radius 1 is 1.21 bits per heavy atom. The normalized spacial score (nSPS) is 12.1. The number of ether oxygens (including phenoxy) is 2. The summed E-state index contributed by atoms with van der Waals surface area (Å²) in [7, 11) is 3.07. The maximum atomic E-state index is 12.1. The standard InChI is InChI=1S/C19H22O5/c1-6-14(20)17-13(10-16(21)24-18(17)11(2)3)12-8-7-9-15(22-4)19(12)23-5/h6-11,14,20H,1H2,2-5H3. The molecule has 2 rings (SSSR count). The molecule has 1 atom stereocenters. The van der Waals surface area contributed by atoms with E-state index < -0.39 is 11.7 Å². The van der Waals surface area contributed by atoms with E-state index in [0.29, 0.717) is 33.9 Å². The molecule has 5 nitrogen and oxygen atoms in total. The summed E-state index contributed by atoms with van der Waals surface area (Å²) < 4.78 is 16.1. The van der Waals surface area contributed by atoms with Gasteiger partial charge in [0.1, 0.15) is 11.9 Å². The number of aliphatic hydroxyl groups excluding tert-OH is 1. The third-order valence-electron chi connectivity index (χ3n) is 3.76. The lowest BCUT2D eigenvalue weighted by Crippen LogP contribution is -2.11. The molecular formula is C19H22O5. The maximum Gasteiger partial charge on any atom is 0.336 e. The Hall–Kier alpha value is -2.53. The van der Waals surface area contributed by atoms with Gasteiger partial charge in [0.15, 0.2) is 11.5 Å². The molecule has 0 bridgehead atoms. The highest BCUT2D eigenvalue weighted by molar-refractivity contribution is 5.77. The SMILES string of the molecule is C=CC(O)c1c(-c2cccc(OC)c2OC)cc(=O)oc1C(C)C. The topological polar surface area (TPSA) is 68.9 Å². The predicted molar refractivity (Wildman–Crippen MR) is 92.8 cm³/mol. The average Bonchev–Trinajstić information content (AvgIpc) is 2.59. The molecule has 0 aliphatic carbocycles. The van der Waals surface area contributed by atoms with Crippen molar-refractivity contribution in [3.63, 3.8) is 0 Å². The van der Waals surface area contributed by atoms with Crippen LogP contribution >= 0.6 is 0 Å². The molecule has 1 aromatic carbocycles. The fourth-order valence-electron chi connectivity index (χ4n) is 2.69. The smallest absolute Gasteiger partial charge is 0.336 e. The lowest BCUT2D eigenvalue weighted by atomic mass is 9.92. The minimum Gasteiger partial charge on any atom is -0.493 e. The minimum absolute atomic E-state index is 0.0844. The number of benzene rings is 1. The van der Waals surface area contributed by atoms with E-state index in [4.69, 9.17) is 13.9 Å². The molecule has 0 radical (unpaired) electrons. The van der Waals surface area contributed by atoms with Gasteiger partial charge in [0.2, 0.25) is 0 Å². The summed E-state index contributed by atoms with van der Waals surface area (Å²) in [6.07, 6.45) is 0.426. The molecule has 0 saturated heterocycles. The first kappa shape index (κ1) is 17.8. The third kappa shape index (κ3) is 3.21. The van der Waals surface area contributed by atoms with Crippen LogP contribution in [0, 0.1) is 0 Å². The molecule has 5 heteroatoms. The zero-order chi connectivity index (χ0) is 17.9. The Labute approximate surface area is 141 Å². The molecule has 0 fully saturated rings. The highest BCUT2D eigenvalue weighted by Gasteiger charge is 2.24. The van der Waals surface area contributed by atoms with E-state index in [2.05, 4.69) is 6.58 Å². The summed E-state index contributed by atoms with van der Waals surface area (Å²) in [5, 5.41) is 10.4. The van der Waals surface area contributed by atoms with Gasteiger partial charge in [0.25, 0.3) is 0 Å². The van der Waals surface area contributed by atoms with Gasteiger partial charge in [-0.2, -0.15) is 0 Å². The van der Waals surface area contributed by atoms with Crippen LogP contribution in [0.15, 0.2) is 46.1 Å². The molecule has 1 aromatic heterocycles. The van der Waals surface area contributed by atoms with E-state index in [9.17, 15) is 9.90 Å². The van der Waals surface area contributed by atoms with Gasteiger partial charge in [-0.1, -0.05) is 32.1 Å². The van der Waals surface area contributed by atoms with Crippen LogP contribution in [0.2, 0.25) is 0 Å². The molecule has 0 aliphatic rings. The first-order valence-electron chi connectivity index (χ1n) is 7.64. The highest BCUT2D eigenvalue weighted by atomic mass is 16.5. The van der Waals surface area contributed by atoms with E-state index in [1.54, 1.807) is 25.3 Å². The van der Waals surface area contributed by atoms with Gasteiger partial charge in [-0.25, -0.2) is 4.79 Å². The van der Waals surface area contributed by atoms with E-state index in [1.165, 1.54) is 19.3 Å². The second-order valence-electron chi connectivity index (χ2n) is 5.63. The van der Waals surface area contributed by atoms with Crippen molar-refractivity contribution >= 4 is 0 Å². The first-order chi connectivity index (χ1) is 11.4. The summed E-state index contributed by atoms with van der Waals surface area (Å²) in [4.78, 5) is 12.1. The predicted octanol–water partition coefficient (Wildman–Crippen LogP) is 3.67. The van der Waals surface area contributed by atoms with Gasteiger partial charge in [-0.3, -0.25) is 0 Å². The van der Waals surface area contributed by atoms with Crippen molar-refractivity contribution in [2.24, 2.45) is 0 Å². The molecule has 0 saturated carbocycles. The van der Waals surface area contributed by atoms with Crippen LogP contribution in [-0.2, 0) is 0 Å². The molecular weight excluding hydrogens is 308 g/mol. The number of methoxy groups -OCH3 is 2. The van der Waals surface area contributed by atoms with Crippen LogP contribution in [-0.4, -0.2) is 19.3 Å². The Balaban J connectivity index is 2.89. The van der Waals surface area contributed by atoms with Gasteiger partial charge in [0.05, 0.1) is 14.2 Å². The Morgan fingerprint density at radius 3 is 2.46 bits per heavy atom. The van der Waals surface area contributed by atoms with E-state index in [0.717, 1.165) is 0 Å². The first-order valence-corrected chi connectivity index (χ1v) is 7.64. The Bertz CT molecular complexity index is 789. The van der Waals surface area contributed by atoms with Gasteiger partial charge in [-0.15, -0.1) is 6.58 Å². The van der Waals surface area contributed by atoms with Crippen LogP contribution in [0.4, 0.5) is 0 Å². The lowest BCUT2D eigenvalue weighted by Gasteiger charge is -2.20. The van der Waals surface area contributed by atoms with E-state index >= 15 is 0 Å². The fraction of sp³-hybridized carbons (Fsp3) is 0.316. The van der Waals surface area contributed by atoms with Crippen molar-refractivity contribution in [3.8, 4) is 22.6 Å². The zero-order valence-corrected chi connectivity index (χ0v) is 14.3. The summed E-state index contributed by atoms with van der Waals surface area (Å²) in [5.41, 5.74) is 1.20. The largest absolute Gasteiger partial charge is 0.493 e. The molecule has 2 aromatic rings. The van der Waals surface area contributed by atoms with Crippen molar-refractivity contribution in [1.29, 1.82) is 0 Å². The van der Waals surface area contributed by atoms with Crippen LogP contribution in [0.3, 0.4) is 0 Å². The minimum atomic E-state index is -0.974. The Kier molecular flexibility index (Phi) is 5.46.